The van der Waals surface area contributed by atoms with Gasteiger partial charge in [0.05, 0.1) is 29.4 Å². The summed E-state index contributed by atoms with van der Waals surface area (Å²) in [4.78, 5) is 21.4. The minimum absolute atomic E-state index is 0.0380. The van der Waals surface area contributed by atoms with Crippen molar-refractivity contribution in [2.24, 2.45) is 0 Å². The molecule has 0 aliphatic carbocycles. The molecule has 3 aromatic rings. The lowest BCUT2D eigenvalue weighted by atomic mass is 10.0. The number of anilines is 2. The Morgan fingerprint density at radius 3 is 2.36 bits per heavy atom. The minimum Gasteiger partial charge on any atom is -0.493 e. The van der Waals surface area contributed by atoms with Crippen molar-refractivity contribution in [3.63, 3.8) is 0 Å². The van der Waals surface area contributed by atoms with Gasteiger partial charge >= 0.3 is 0 Å². The van der Waals surface area contributed by atoms with E-state index in [1.54, 1.807) is 20.2 Å². The molecule has 3 heterocycles. The molecule has 192 valence electrons. The molecule has 0 spiro atoms. The second-order valence-corrected chi connectivity index (χ2v) is 14.0. The van der Waals surface area contributed by atoms with Crippen LogP contribution in [0.4, 0.5) is 11.6 Å². The van der Waals surface area contributed by atoms with E-state index in [0.717, 1.165) is 17.7 Å². The molecule has 0 saturated carbocycles. The van der Waals surface area contributed by atoms with Crippen LogP contribution in [0.5, 0.6) is 29.2 Å². The molecule has 2 aromatic heterocycles. The Labute approximate surface area is 211 Å². The number of carbonyl (C=O) groups excluding carboxylic acids is 1. The summed E-state index contributed by atoms with van der Waals surface area (Å²) in [5.41, 5.74) is 2.48. The van der Waals surface area contributed by atoms with E-state index in [-0.39, 0.29) is 35.1 Å². The normalized spacial score (nSPS) is 14.0. The molecule has 11 heteroatoms. The van der Waals surface area contributed by atoms with Gasteiger partial charge in [-0.3, -0.25) is 4.79 Å². The van der Waals surface area contributed by atoms with Gasteiger partial charge in [0.1, 0.15) is 0 Å². The zero-order valence-electron chi connectivity index (χ0n) is 21.7. The molecule has 1 amide bonds. The lowest BCUT2D eigenvalue weighted by Crippen LogP contribution is -2.47. The third-order valence-electron chi connectivity index (χ3n) is 6.33. The van der Waals surface area contributed by atoms with E-state index in [9.17, 15) is 4.79 Å². The topological polar surface area (TPSA) is 117 Å². The second-order valence-electron chi connectivity index (χ2n) is 9.19. The standard InChI is InChI=1S/C25H32N4O6Si/c1-14-13-15-9-8-12-36(6,7)21(15)20(31-3)19(14)35-17-11-10-16(34-17)22(30)27-18-23(32-4)28-25(26-2)29-24(18)33-5/h10-11,13H,8-9,12H2,1-7H3,(H,27,30)(H,26,28,29). The highest BCUT2D eigenvalue weighted by molar-refractivity contribution is 6.91. The highest BCUT2D eigenvalue weighted by Gasteiger charge is 2.35. The molecule has 0 radical (unpaired) electrons. The number of furan rings is 1. The van der Waals surface area contributed by atoms with Crippen LogP contribution in [0.25, 0.3) is 0 Å². The van der Waals surface area contributed by atoms with E-state index in [2.05, 4.69) is 39.8 Å². The summed E-state index contributed by atoms with van der Waals surface area (Å²) in [6.45, 7) is 6.71. The SMILES string of the molecule is CNc1nc(OC)c(NC(=O)c2ccc(Oc3c(C)cc4c(c3OC)[Si](C)(C)CCC4)o2)c(OC)n1. The average molecular weight is 513 g/mol. The molecule has 1 aromatic carbocycles. The molecule has 0 fully saturated rings. The fraction of sp³-hybridized carbons (Fsp3) is 0.400. The summed E-state index contributed by atoms with van der Waals surface area (Å²) in [5, 5.41) is 6.81. The predicted molar refractivity (Wildman–Crippen MR) is 139 cm³/mol. The van der Waals surface area contributed by atoms with Gasteiger partial charge in [-0.2, -0.15) is 9.97 Å². The summed E-state index contributed by atoms with van der Waals surface area (Å²) in [6.07, 6.45) is 2.24. The zero-order chi connectivity index (χ0) is 26.0. The quantitative estimate of drug-likeness (QED) is 0.425. The van der Waals surface area contributed by atoms with Crippen LogP contribution in [-0.4, -0.2) is 52.3 Å². The number of aryl methyl sites for hydroxylation is 2. The summed E-state index contributed by atoms with van der Waals surface area (Å²) in [6, 6.07) is 6.52. The maximum atomic E-state index is 13.0. The average Bonchev–Trinajstić information content (AvgIpc) is 3.33. The lowest BCUT2D eigenvalue weighted by Gasteiger charge is -2.33. The van der Waals surface area contributed by atoms with Gasteiger partial charge in [-0.25, -0.2) is 0 Å². The molecule has 1 aliphatic heterocycles. The smallest absolute Gasteiger partial charge is 0.291 e. The van der Waals surface area contributed by atoms with E-state index in [1.165, 1.54) is 43.5 Å². The minimum atomic E-state index is -1.67. The number of carbonyl (C=O) groups is 1. The monoisotopic (exact) mass is 512 g/mol. The van der Waals surface area contributed by atoms with Crippen LogP contribution in [0, 0.1) is 6.92 Å². The summed E-state index contributed by atoms with van der Waals surface area (Å²) in [5.74, 6) is 1.63. The largest absolute Gasteiger partial charge is 0.493 e. The number of nitrogens with zero attached hydrogens (tertiary/aromatic N) is 2. The molecule has 0 bridgehead atoms. The van der Waals surface area contributed by atoms with Gasteiger partial charge in [0, 0.05) is 13.1 Å². The predicted octanol–water partition coefficient (Wildman–Crippen LogP) is 4.35. The van der Waals surface area contributed by atoms with Crippen molar-refractivity contribution < 1.29 is 28.2 Å². The molecule has 0 saturated heterocycles. The number of fused-ring (bicyclic) bond motifs is 1. The Bertz CT molecular complexity index is 1260. The first-order chi connectivity index (χ1) is 17.2. The molecule has 10 nitrogen and oxygen atoms in total. The summed E-state index contributed by atoms with van der Waals surface area (Å²) >= 11 is 0. The Balaban J connectivity index is 1.62. The Morgan fingerprint density at radius 2 is 1.75 bits per heavy atom. The van der Waals surface area contributed by atoms with Crippen LogP contribution in [0.2, 0.25) is 19.1 Å². The van der Waals surface area contributed by atoms with Crippen molar-refractivity contribution in [2.45, 2.75) is 38.9 Å². The molecule has 4 rings (SSSR count). The molecule has 1 aliphatic rings. The Hall–Kier alpha value is -3.73. The van der Waals surface area contributed by atoms with E-state index in [0.29, 0.717) is 5.75 Å². The molecule has 0 atom stereocenters. The first-order valence-electron chi connectivity index (χ1n) is 11.7. The third-order valence-corrected chi connectivity index (χ3v) is 9.84. The fourth-order valence-corrected chi connectivity index (χ4v) is 7.86. The van der Waals surface area contributed by atoms with Crippen LogP contribution in [0.1, 0.15) is 28.1 Å². The van der Waals surface area contributed by atoms with Gasteiger partial charge in [-0.15, -0.1) is 0 Å². The maximum Gasteiger partial charge on any atom is 0.291 e. The van der Waals surface area contributed by atoms with E-state index in [4.69, 9.17) is 23.4 Å². The first kappa shape index (κ1) is 25.4. The number of hydrogen-bond acceptors (Lipinski definition) is 9. The van der Waals surface area contributed by atoms with Gasteiger partial charge in [-0.05, 0) is 35.7 Å². The van der Waals surface area contributed by atoms with E-state index >= 15 is 0 Å². The van der Waals surface area contributed by atoms with E-state index < -0.39 is 14.0 Å². The summed E-state index contributed by atoms with van der Waals surface area (Å²) in [7, 11) is 4.55. The molecular weight excluding hydrogens is 480 g/mol. The van der Waals surface area contributed by atoms with Crippen molar-refractivity contribution in [3.8, 4) is 29.2 Å². The number of nitrogens with one attached hydrogen (secondary N) is 2. The van der Waals surface area contributed by atoms with Gasteiger partial charge in [-0.1, -0.05) is 31.6 Å². The van der Waals surface area contributed by atoms with Gasteiger partial charge < -0.3 is 34.0 Å². The van der Waals surface area contributed by atoms with Crippen molar-refractivity contribution in [3.05, 3.63) is 35.1 Å². The fourth-order valence-electron chi connectivity index (χ4n) is 4.65. The van der Waals surface area contributed by atoms with Gasteiger partial charge in [0.2, 0.25) is 17.7 Å². The first-order valence-corrected chi connectivity index (χ1v) is 14.9. The van der Waals surface area contributed by atoms with E-state index in [1.807, 2.05) is 6.92 Å². The van der Waals surface area contributed by atoms with Crippen molar-refractivity contribution in [1.29, 1.82) is 0 Å². The molecule has 0 unspecified atom stereocenters. The second kappa shape index (κ2) is 10.1. The molecular formula is C25H32N4O6Si. The third kappa shape index (κ3) is 4.70. The highest BCUT2D eigenvalue weighted by atomic mass is 28.3. The maximum absolute atomic E-state index is 13.0. The number of hydrogen-bond donors (Lipinski definition) is 2. The van der Waals surface area contributed by atoms with Crippen molar-refractivity contribution in [1.82, 2.24) is 9.97 Å². The van der Waals surface area contributed by atoms with Gasteiger partial charge in [0.25, 0.3) is 11.9 Å². The number of rotatable bonds is 8. The zero-order valence-corrected chi connectivity index (χ0v) is 22.7. The molecule has 2 N–H and O–H groups in total. The molecule has 36 heavy (non-hydrogen) atoms. The number of methoxy groups -OCH3 is 3. The number of aromatic nitrogens is 2. The Morgan fingerprint density at radius 1 is 1.06 bits per heavy atom. The van der Waals surface area contributed by atoms with Crippen LogP contribution < -0.4 is 34.8 Å². The lowest BCUT2D eigenvalue weighted by molar-refractivity contribution is 0.0990. The van der Waals surface area contributed by atoms with Crippen molar-refractivity contribution in [2.75, 3.05) is 39.0 Å². The highest BCUT2D eigenvalue weighted by Crippen LogP contribution is 2.40. The van der Waals surface area contributed by atoms with Crippen LogP contribution in [0.15, 0.2) is 22.6 Å². The van der Waals surface area contributed by atoms with Gasteiger partial charge in [0.15, 0.2) is 22.9 Å². The van der Waals surface area contributed by atoms with Crippen LogP contribution >= 0.6 is 0 Å². The Kier molecular flexibility index (Phi) is 7.11. The summed E-state index contributed by atoms with van der Waals surface area (Å²) < 4.78 is 28.4. The van der Waals surface area contributed by atoms with Crippen LogP contribution in [-0.2, 0) is 6.42 Å². The van der Waals surface area contributed by atoms with Crippen LogP contribution in [0.3, 0.4) is 0 Å². The van der Waals surface area contributed by atoms with Crippen molar-refractivity contribution >= 4 is 30.8 Å². The number of amides is 1. The number of ether oxygens (including phenoxy) is 4. The number of benzene rings is 1.